The summed E-state index contributed by atoms with van der Waals surface area (Å²) in [5.74, 6) is -0.0530. The van der Waals surface area contributed by atoms with Crippen molar-refractivity contribution in [2.24, 2.45) is 0 Å². The Labute approximate surface area is 159 Å². The maximum absolute atomic E-state index is 12.6. The maximum atomic E-state index is 12.6. The highest BCUT2D eigenvalue weighted by Crippen LogP contribution is 2.28. The molecule has 10 heteroatoms. The summed E-state index contributed by atoms with van der Waals surface area (Å²) in [4.78, 5) is 41.3. The zero-order chi connectivity index (χ0) is 19.4. The van der Waals surface area contributed by atoms with Crippen molar-refractivity contribution in [2.75, 3.05) is 18.5 Å². The molecule has 1 aliphatic heterocycles. The molecule has 1 aromatic heterocycles. The van der Waals surface area contributed by atoms with Gasteiger partial charge < -0.3 is 9.64 Å². The van der Waals surface area contributed by atoms with Crippen molar-refractivity contribution >= 4 is 34.2 Å². The van der Waals surface area contributed by atoms with E-state index in [9.17, 15) is 19.7 Å². The lowest BCUT2D eigenvalue weighted by molar-refractivity contribution is -0.384. The van der Waals surface area contributed by atoms with E-state index in [1.54, 1.807) is 24.0 Å². The number of aromatic nitrogens is 1. The van der Waals surface area contributed by atoms with Crippen LogP contribution in [0.15, 0.2) is 24.3 Å². The largest absolute Gasteiger partial charge is 0.450 e. The Kier molecular flexibility index (Phi) is 5.65. The number of anilines is 1. The fourth-order valence-corrected chi connectivity index (χ4v) is 3.75. The van der Waals surface area contributed by atoms with Crippen molar-refractivity contribution in [1.82, 2.24) is 9.88 Å². The van der Waals surface area contributed by atoms with Gasteiger partial charge in [-0.15, -0.1) is 0 Å². The van der Waals surface area contributed by atoms with Crippen LogP contribution in [-0.2, 0) is 28.9 Å². The van der Waals surface area contributed by atoms with Crippen molar-refractivity contribution in [1.29, 1.82) is 0 Å². The second kappa shape index (κ2) is 8.12. The molecule has 142 valence electrons. The van der Waals surface area contributed by atoms with Crippen molar-refractivity contribution in [2.45, 2.75) is 26.3 Å². The summed E-state index contributed by atoms with van der Waals surface area (Å²) in [5.41, 5.74) is 1.61. The molecule has 2 aromatic rings. The Balaban J connectivity index is 1.61. The first-order valence-corrected chi connectivity index (χ1v) is 9.21. The zero-order valence-electron chi connectivity index (χ0n) is 14.6. The molecule has 1 aromatic carbocycles. The number of thiazole rings is 1. The Morgan fingerprint density at radius 1 is 1.37 bits per heavy atom. The van der Waals surface area contributed by atoms with Crippen molar-refractivity contribution in [3.63, 3.8) is 0 Å². The predicted molar refractivity (Wildman–Crippen MR) is 98.7 cm³/mol. The van der Waals surface area contributed by atoms with Crippen LogP contribution in [0.5, 0.6) is 0 Å². The van der Waals surface area contributed by atoms with Gasteiger partial charge in [-0.3, -0.25) is 20.2 Å². The number of nitrogens with zero attached hydrogens (tertiary/aromatic N) is 3. The molecule has 9 nitrogen and oxygen atoms in total. The molecule has 0 fully saturated rings. The van der Waals surface area contributed by atoms with Crippen LogP contribution in [0.2, 0.25) is 0 Å². The summed E-state index contributed by atoms with van der Waals surface area (Å²) in [6.45, 7) is 2.98. The van der Waals surface area contributed by atoms with Crippen LogP contribution in [0.25, 0.3) is 0 Å². The third-order valence-electron chi connectivity index (χ3n) is 4.07. The first kappa shape index (κ1) is 18.8. The van der Waals surface area contributed by atoms with E-state index in [4.69, 9.17) is 4.74 Å². The van der Waals surface area contributed by atoms with Crippen LogP contribution in [0, 0.1) is 10.1 Å². The number of carbonyl (C=O) groups is 2. The monoisotopic (exact) mass is 390 g/mol. The lowest BCUT2D eigenvalue weighted by Gasteiger charge is -2.26. The Hall–Kier alpha value is -3.01. The molecule has 0 aliphatic carbocycles. The van der Waals surface area contributed by atoms with Gasteiger partial charge in [-0.05, 0) is 12.5 Å². The minimum atomic E-state index is -0.547. The van der Waals surface area contributed by atoms with Gasteiger partial charge in [-0.2, -0.15) is 0 Å². The standard InChI is InChI=1S/C17H18N4O5S/c1-2-26-17(23)19-16-18-13-7-8-20(10-14(13)27-16)15(22)9-11-3-5-12(6-4-11)21(24)25/h3-6H,2,7-10H2,1H3,(H,18,19,23). The number of nitro groups is 1. The molecular weight excluding hydrogens is 372 g/mol. The van der Waals surface area contributed by atoms with Crippen molar-refractivity contribution in [3.8, 4) is 0 Å². The van der Waals surface area contributed by atoms with Crippen LogP contribution in [-0.4, -0.2) is 40.0 Å². The van der Waals surface area contributed by atoms with E-state index in [0.717, 1.165) is 16.1 Å². The molecule has 2 amide bonds. The molecule has 0 saturated carbocycles. The Morgan fingerprint density at radius 3 is 2.78 bits per heavy atom. The van der Waals surface area contributed by atoms with Crippen LogP contribution in [0.3, 0.4) is 0 Å². The van der Waals surface area contributed by atoms with Gasteiger partial charge in [0.05, 0.1) is 30.2 Å². The van der Waals surface area contributed by atoms with E-state index in [-0.39, 0.29) is 24.6 Å². The summed E-state index contributed by atoms with van der Waals surface area (Å²) >= 11 is 1.33. The molecule has 1 aliphatic rings. The van der Waals surface area contributed by atoms with E-state index in [2.05, 4.69) is 10.3 Å². The first-order chi connectivity index (χ1) is 13.0. The predicted octanol–water partition coefficient (Wildman–Crippen LogP) is 2.75. The quantitative estimate of drug-likeness (QED) is 0.620. The second-order valence-corrected chi connectivity index (χ2v) is 6.98. The number of amides is 2. The third-order valence-corrected chi connectivity index (χ3v) is 5.07. The average Bonchev–Trinajstić information content (AvgIpc) is 3.03. The van der Waals surface area contributed by atoms with Crippen molar-refractivity contribution in [3.05, 3.63) is 50.5 Å². The SMILES string of the molecule is CCOC(=O)Nc1nc2c(s1)CN(C(=O)Cc1ccc([N+](=O)[O-])cc1)CC2. The molecule has 27 heavy (non-hydrogen) atoms. The number of hydrogen-bond acceptors (Lipinski definition) is 7. The number of hydrogen-bond donors (Lipinski definition) is 1. The van der Waals surface area contributed by atoms with Crippen molar-refractivity contribution < 1.29 is 19.2 Å². The second-order valence-electron chi connectivity index (χ2n) is 5.90. The number of rotatable bonds is 5. The minimum Gasteiger partial charge on any atom is -0.450 e. The smallest absolute Gasteiger partial charge is 0.413 e. The van der Waals surface area contributed by atoms with Gasteiger partial charge in [0, 0.05) is 30.0 Å². The Bertz CT molecular complexity index is 865. The molecule has 0 unspecified atom stereocenters. The lowest BCUT2D eigenvalue weighted by Crippen LogP contribution is -2.36. The van der Waals surface area contributed by atoms with Crippen LogP contribution in [0.1, 0.15) is 23.1 Å². The highest BCUT2D eigenvalue weighted by Gasteiger charge is 2.24. The topological polar surface area (TPSA) is 115 Å². The van der Waals surface area contributed by atoms with Gasteiger partial charge in [0.1, 0.15) is 0 Å². The molecule has 0 saturated heterocycles. The maximum Gasteiger partial charge on any atom is 0.413 e. The number of non-ortho nitro benzene ring substituents is 1. The van der Waals surface area contributed by atoms with Crippen LogP contribution >= 0.6 is 11.3 Å². The van der Waals surface area contributed by atoms with E-state index in [1.807, 2.05) is 0 Å². The highest BCUT2D eigenvalue weighted by molar-refractivity contribution is 7.15. The van der Waals surface area contributed by atoms with E-state index in [0.29, 0.717) is 24.6 Å². The molecule has 0 atom stereocenters. The van der Waals surface area contributed by atoms with Gasteiger partial charge in [0.25, 0.3) is 5.69 Å². The van der Waals surface area contributed by atoms with Crippen LogP contribution < -0.4 is 5.32 Å². The summed E-state index contributed by atoms with van der Waals surface area (Å²) in [6.07, 6.45) is 0.247. The molecular formula is C17H18N4O5S. The molecule has 0 radical (unpaired) electrons. The van der Waals surface area contributed by atoms with Crippen LogP contribution in [0.4, 0.5) is 15.6 Å². The normalized spacial score (nSPS) is 13.0. The number of nitro benzene ring substituents is 1. The summed E-state index contributed by atoms with van der Waals surface area (Å²) in [7, 11) is 0. The Morgan fingerprint density at radius 2 is 2.11 bits per heavy atom. The average molecular weight is 390 g/mol. The number of fused-ring (bicyclic) bond motifs is 1. The van der Waals surface area contributed by atoms with Gasteiger partial charge >= 0.3 is 6.09 Å². The van der Waals surface area contributed by atoms with E-state index in [1.165, 1.54) is 23.5 Å². The summed E-state index contributed by atoms with van der Waals surface area (Å²) in [6, 6.07) is 5.99. The molecule has 0 bridgehead atoms. The van der Waals surface area contributed by atoms with E-state index >= 15 is 0 Å². The number of carbonyl (C=O) groups excluding carboxylic acids is 2. The molecule has 3 rings (SSSR count). The minimum absolute atomic E-state index is 0.0000948. The fraction of sp³-hybridized carbons (Fsp3) is 0.353. The fourth-order valence-electron chi connectivity index (χ4n) is 2.74. The van der Waals surface area contributed by atoms with Gasteiger partial charge in [0.15, 0.2) is 5.13 Å². The van der Waals surface area contributed by atoms with Gasteiger partial charge in [-0.1, -0.05) is 23.5 Å². The zero-order valence-corrected chi connectivity index (χ0v) is 15.5. The van der Waals surface area contributed by atoms with Gasteiger partial charge in [-0.25, -0.2) is 9.78 Å². The third kappa shape index (κ3) is 4.59. The number of benzene rings is 1. The van der Waals surface area contributed by atoms with Gasteiger partial charge in [0.2, 0.25) is 5.91 Å². The highest BCUT2D eigenvalue weighted by atomic mass is 32.1. The van der Waals surface area contributed by atoms with E-state index < -0.39 is 11.0 Å². The number of nitrogens with one attached hydrogen (secondary N) is 1. The first-order valence-electron chi connectivity index (χ1n) is 8.39. The molecule has 2 heterocycles. The summed E-state index contributed by atoms with van der Waals surface area (Å²) < 4.78 is 4.84. The number of ether oxygens (including phenoxy) is 1. The lowest BCUT2D eigenvalue weighted by atomic mass is 10.1. The molecule has 1 N–H and O–H groups in total. The summed E-state index contributed by atoms with van der Waals surface area (Å²) in [5, 5.41) is 13.7. The molecule has 0 spiro atoms.